The van der Waals surface area contributed by atoms with E-state index in [1.54, 1.807) is 0 Å². The van der Waals surface area contributed by atoms with Gasteiger partial charge >= 0.3 is 0 Å². The first-order valence-corrected chi connectivity index (χ1v) is 13.9. The van der Waals surface area contributed by atoms with Crippen LogP contribution in [-0.2, 0) is 10.2 Å². The molecule has 1 aliphatic heterocycles. The number of nitrogens with one attached hydrogen (secondary N) is 1. The van der Waals surface area contributed by atoms with E-state index in [0.717, 1.165) is 28.9 Å². The highest BCUT2D eigenvalue weighted by Gasteiger charge is 2.47. The molecule has 0 fully saturated rings. The lowest BCUT2D eigenvalue weighted by molar-refractivity contribution is -0.119. The maximum atomic E-state index is 13.2. The van der Waals surface area contributed by atoms with Crippen LogP contribution in [0.5, 0.6) is 11.5 Å². The first-order valence-electron chi connectivity index (χ1n) is 13.9. The van der Waals surface area contributed by atoms with Gasteiger partial charge in [-0.05, 0) is 61.6 Å². The quantitative estimate of drug-likeness (QED) is 0.328. The largest absolute Gasteiger partial charge is 0.508 e. The third-order valence-corrected chi connectivity index (χ3v) is 8.56. The zero-order chi connectivity index (χ0) is 26.9. The van der Waals surface area contributed by atoms with Gasteiger partial charge in [-0.3, -0.25) is 4.79 Å². The minimum Gasteiger partial charge on any atom is -0.508 e. The molecule has 0 saturated carbocycles. The molecular formula is C31H49NO4. The number of benzene rings is 1. The number of phenols is 1. The molecule has 2 aliphatic rings. The molecule has 0 radical (unpaired) electrons. The summed E-state index contributed by atoms with van der Waals surface area (Å²) in [6.07, 6.45) is 9.22. The second-order valence-corrected chi connectivity index (χ2v) is 13.3. The molecule has 1 unspecified atom stereocenters. The van der Waals surface area contributed by atoms with Gasteiger partial charge < -0.3 is 20.3 Å². The van der Waals surface area contributed by atoms with E-state index in [9.17, 15) is 15.0 Å². The van der Waals surface area contributed by atoms with E-state index < -0.39 is 5.60 Å². The van der Waals surface area contributed by atoms with Gasteiger partial charge in [0.1, 0.15) is 17.1 Å². The summed E-state index contributed by atoms with van der Waals surface area (Å²) in [5.41, 5.74) is 1.94. The fourth-order valence-electron chi connectivity index (χ4n) is 5.90. The fraction of sp³-hybridized carbons (Fsp3) is 0.710. The number of aromatic hydroxyl groups is 1. The van der Waals surface area contributed by atoms with E-state index in [0.29, 0.717) is 12.8 Å². The Kier molecular flexibility index (Phi) is 8.54. The Balaban J connectivity index is 1.89. The molecule has 0 saturated heterocycles. The molecule has 0 bridgehead atoms. The summed E-state index contributed by atoms with van der Waals surface area (Å²) >= 11 is 0. The number of hydrogen-bond donors (Lipinski definition) is 3. The number of amides is 1. The van der Waals surface area contributed by atoms with Crippen LogP contribution in [-0.4, -0.2) is 34.4 Å². The Labute approximate surface area is 218 Å². The van der Waals surface area contributed by atoms with Gasteiger partial charge in [-0.2, -0.15) is 0 Å². The van der Waals surface area contributed by atoms with Crippen molar-refractivity contribution in [3.8, 4) is 11.5 Å². The van der Waals surface area contributed by atoms with Crippen LogP contribution in [0.1, 0.15) is 117 Å². The molecule has 1 amide bonds. The predicted molar refractivity (Wildman–Crippen MR) is 147 cm³/mol. The summed E-state index contributed by atoms with van der Waals surface area (Å²) in [4.78, 5) is 13.2. The molecule has 5 heteroatoms. The molecule has 1 heterocycles. The van der Waals surface area contributed by atoms with Crippen LogP contribution < -0.4 is 10.1 Å². The number of fused-ring (bicyclic) bond motifs is 3. The molecule has 36 heavy (non-hydrogen) atoms. The summed E-state index contributed by atoms with van der Waals surface area (Å²) in [5, 5.41) is 24.2. The van der Waals surface area contributed by atoms with E-state index in [4.69, 9.17) is 4.74 Å². The van der Waals surface area contributed by atoms with E-state index in [1.807, 2.05) is 32.9 Å². The zero-order valence-electron chi connectivity index (χ0n) is 23.8. The summed E-state index contributed by atoms with van der Waals surface area (Å²) < 4.78 is 6.55. The number of carbonyl (C=O) groups excluding carboxylic acids is 1. The number of unbranched alkanes of at least 4 members (excludes halogenated alkanes) is 3. The lowest BCUT2D eigenvalue weighted by atomic mass is 9.66. The van der Waals surface area contributed by atoms with Gasteiger partial charge in [-0.15, -0.1) is 0 Å². The molecule has 1 aromatic rings. The van der Waals surface area contributed by atoms with Crippen molar-refractivity contribution in [3.63, 3.8) is 0 Å². The van der Waals surface area contributed by atoms with Crippen molar-refractivity contribution < 1.29 is 19.7 Å². The first-order chi connectivity index (χ1) is 16.7. The lowest BCUT2D eigenvalue weighted by Gasteiger charge is -2.47. The summed E-state index contributed by atoms with van der Waals surface area (Å²) in [6, 6.07) is 3.74. The number of rotatable bonds is 9. The van der Waals surface area contributed by atoms with Crippen LogP contribution >= 0.6 is 0 Å². The topological polar surface area (TPSA) is 78.8 Å². The van der Waals surface area contributed by atoms with Crippen LogP contribution in [0.15, 0.2) is 23.8 Å². The van der Waals surface area contributed by atoms with Gasteiger partial charge in [0, 0.05) is 23.0 Å². The molecule has 3 rings (SSSR count). The number of phenolic OH excluding ortho intramolecular Hbond substituents is 1. The SMILES string of the molecule is CCCCCCC(C)(C)c1cc(O)c2c(c1)OC(C)(C)[C@@H]1CC=C(C(=O)N[C@H](CO)C(C)(C)C)CC21. The third kappa shape index (κ3) is 6.10. The predicted octanol–water partition coefficient (Wildman–Crippen LogP) is 6.75. The van der Waals surface area contributed by atoms with Gasteiger partial charge in [-0.25, -0.2) is 0 Å². The average molecular weight is 500 g/mol. The van der Waals surface area contributed by atoms with Crippen molar-refractivity contribution in [2.75, 3.05) is 6.61 Å². The molecule has 0 spiro atoms. The van der Waals surface area contributed by atoms with Crippen molar-refractivity contribution in [1.29, 1.82) is 0 Å². The molecule has 1 aromatic carbocycles. The molecule has 5 nitrogen and oxygen atoms in total. The Morgan fingerprint density at radius 1 is 1.17 bits per heavy atom. The number of hydrogen-bond acceptors (Lipinski definition) is 4. The number of carbonyl (C=O) groups is 1. The van der Waals surface area contributed by atoms with Gasteiger partial charge in [0.15, 0.2) is 0 Å². The number of ether oxygens (including phenoxy) is 1. The second kappa shape index (κ2) is 10.8. The molecule has 1 aliphatic carbocycles. The minimum absolute atomic E-state index is 0.00145. The Morgan fingerprint density at radius 3 is 2.47 bits per heavy atom. The van der Waals surface area contributed by atoms with Gasteiger partial charge in [0.05, 0.1) is 12.6 Å². The smallest absolute Gasteiger partial charge is 0.247 e. The number of aliphatic hydroxyl groups is 1. The van der Waals surface area contributed by atoms with Crippen molar-refractivity contribution in [1.82, 2.24) is 5.32 Å². The standard InChI is InChI=1S/C31H49NO4/c1-9-10-11-12-15-30(5,6)21-17-24(34)27-22-16-20(28(35)32-26(19-33)29(2,3)4)13-14-23(22)31(7,8)36-25(27)18-21/h13,17-18,22-23,26,33-34H,9-12,14-16,19H2,1-8H3,(H,32,35)/t22?,23-,26-/m1/s1. The number of aliphatic hydroxyl groups excluding tert-OH is 1. The maximum Gasteiger partial charge on any atom is 0.247 e. The van der Waals surface area contributed by atoms with E-state index in [2.05, 4.69) is 46.0 Å². The third-order valence-electron chi connectivity index (χ3n) is 8.56. The molecule has 3 atom stereocenters. The Bertz CT molecular complexity index is 970. The summed E-state index contributed by atoms with van der Waals surface area (Å²) in [5.74, 6) is 1.06. The molecule has 0 aromatic heterocycles. The van der Waals surface area contributed by atoms with E-state index in [1.165, 1.54) is 25.7 Å². The van der Waals surface area contributed by atoms with Gasteiger partial charge in [0.2, 0.25) is 5.91 Å². The van der Waals surface area contributed by atoms with Crippen LogP contribution in [0, 0.1) is 11.3 Å². The highest BCUT2D eigenvalue weighted by atomic mass is 16.5. The van der Waals surface area contributed by atoms with Gasteiger partial charge in [-0.1, -0.05) is 73.3 Å². The monoisotopic (exact) mass is 499 g/mol. The highest BCUT2D eigenvalue weighted by molar-refractivity contribution is 5.94. The minimum atomic E-state index is -0.411. The van der Waals surface area contributed by atoms with Crippen LogP contribution in [0.2, 0.25) is 0 Å². The molecule has 3 N–H and O–H groups in total. The maximum absolute atomic E-state index is 13.2. The zero-order valence-corrected chi connectivity index (χ0v) is 23.8. The van der Waals surface area contributed by atoms with Crippen LogP contribution in [0.25, 0.3) is 0 Å². The highest BCUT2D eigenvalue weighted by Crippen LogP contribution is 2.55. The fourth-order valence-corrected chi connectivity index (χ4v) is 5.90. The van der Waals surface area contributed by atoms with Crippen molar-refractivity contribution in [2.45, 2.75) is 123 Å². The Morgan fingerprint density at radius 2 is 1.86 bits per heavy atom. The lowest BCUT2D eigenvalue weighted by Crippen LogP contribution is -2.49. The Hall–Kier alpha value is -2.01. The van der Waals surface area contributed by atoms with Crippen LogP contribution in [0.3, 0.4) is 0 Å². The summed E-state index contributed by atoms with van der Waals surface area (Å²) in [7, 11) is 0. The molecular weight excluding hydrogens is 450 g/mol. The van der Waals surface area contributed by atoms with Crippen molar-refractivity contribution >= 4 is 5.91 Å². The summed E-state index contributed by atoms with van der Waals surface area (Å²) in [6.45, 7) is 16.9. The van der Waals surface area contributed by atoms with Crippen LogP contribution in [0.4, 0.5) is 0 Å². The van der Waals surface area contributed by atoms with Gasteiger partial charge in [0.25, 0.3) is 0 Å². The van der Waals surface area contributed by atoms with E-state index in [-0.39, 0.29) is 47.0 Å². The van der Waals surface area contributed by atoms with Crippen molar-refractivity contribution in [2.24, 2.45) is 11.3 Å². The van der Waals surface area contributed by atoms with Crippen molar-refractivity contribution in [3.05, 3.63) is 34.9 Å². The normalized spacial score (nSPS) is 22.1. The number of allylic oxidation sites excluding steroid dienone is 1. The first kappa shape index (κ1) is 28.6. The second-order valence-electron chi connectivity index (χ2n) is 13.3. The molecule has 202 valence electrons. The van der Waals surface area contributed by atoms with E-state index >= 15 is 0 Å². The average Bonchev–Trinajstić information content (AvgIpc) is 2.78.